The van der Waals surface area contributed by atoms with Crippen molar-refractivity contribution >= 4 is 29.9 Å². The Balaban J connectivity index is 1.74. The SMILES string of the molecule is COC(=O)c1ccccc1NC(=O)c1cncc(C(=O)N2CCN(C=O)CC2)c1. The fraction of sp³-hybridized carbons (Fsp3) is 0.250. The molecule has 0 spiro atoms. The monoisotopic (exact) mass is 396 g/mol. The summed E-state index contributed by atoms with van der Waals surface area (Å²) in [7, 11) is 1.26. The molecule has 0 radical (unpaired) electrons. The maximum absolute atomic E-state index is 12.7. The smallest absolute Gasteiger partial charge is 0.339 e. The van der Waals surface area contributed by atoms with E-state index in [0.29, 0.717) is 31.9 Å². The summed E-state index contributed by atoms with van der Waals surface area (Å²) in [6.45, 7) is 1.77. The van der Waals surface area contributed by atoms with Crippen LogP contribution in [0.2, 0.25) is 0 Å². The van der Waals surface area contributed by atoms with E-state index >= 15 is 0 Å². The van der Waals surface area contributed by atoms with E-state index in [4.69, 9.17) is 4.74 Å². The largest absolute Gasteiger partial charge is 0.465 e. The molecule has 1 aliphatic rings. The molecule has 29 heavy (non-hydrogen) atoms. The van der Waals surface area contributed by atoms with Crippen LogP contribution in [0.15, 0.2) is 42.7 Å². The molecule has 3 rings (SSSR count). The number of rotatable bonds is 5. The molecule has 2 aromatic rings. The number of carbonyl (C=O) groups is 4. The van der Waals surface area contributed by atoms with Gasteiger partial charge >= 0.3 is 5.97 Å². The Labute approximate surface area is 167 Å². The number of amides is 3. The molecular formula is C20H20N4O5. The van der Waals surface area contributed by atoms with Crippen LogP contribution in [0.1, 0.15) is 31.1 Å². The van der Waals surface area contributed by atoms with E-state index < -0.39 is 11.9 Å². The molecule has 9 nitrogen and oxygen atoms in total. The Hall–Kier alpha value is -3.75. The molecule has 150 valence electrons. The van der Waals surface area contributed by atoms with Gasteiger partial charge < -0.3 is 19.9 Å². The first-order valence-corrected chi connectivity index (χ1v) is 8.96. The lowest BCUT2D eigenvalue weighted by Crippen LogP contribution is -2.48. The lowest BCUT2D eigenvalue weighted by atomic mass is 10.1. The number of para-hydroxylation sites is 1. The fourth-order valence-electron chi connectivity index (χ4n) is 2.97. The number of nitrogens with one attached hydrogen (secondary N) is 1. The average molecular weight is 396 g/mol. The summed E-state index contributed by atoms with van der Waals surface area (Å²) in [5, 5.41) is 2.65. The molecule has 1 saturated heterocycles. The van der Waals surface area contributed by atoms with Crippen molar-refractivity contribution in [1.82, 2.24) is 14.8 Å². The zero-order chi connectivity index (χ0) is 20.8. The van der Waals surface area contributed by atoms with Crippen LogP contribution in [0.4, 0.5) is 5.69 Å². The number of hydrogen-bond donors (Lipinski definition) is 1. The second-order valence-corrected chi connectivity index (χ2v) is 6.39. The first kappa shape index (κ1) is 20.0. The second-order valence-electron chi connectivity index (χ2n) is 6.39. The number of nitrogens with zero attached hydrogens (tertiary/aromatic N) is 3. The van der Waals surface area contributed by atoms with E-state index in [9.17, 15) is 19.2 Å². The summed E-state index contributed by atoms with van der Waals surface area (Å²) in [5.41, 5.74) is 0.975. The van der Waals surface area contributed by atoms with Crippen LogP contribution >= 0.6 is 0 Å². The van der Waals surface area contributed by atoms with Crippen molar-refractivity contribution in [1.29, 1.82) is 0 Å². The van der Waals surface area contributed by atoms with Gasteiger partial charge in [0.1, 0.15) is 0 Å². The molecule has 0 saturated carbocycles. The van der Waals surface area contributed by atoms with Crippen LogP contribution in [0.3, 0.4) is 0 Å². The molecular weight excluding hydrogens is 376 g/mol. The van der Waals surface area contributed by atoms with Crippen molar-refractivity contribution in [2.75, 3.05) is 38.6 Å². The van der Waals surface area contributed by atoms with Gasteiger partial charge in [-0.25, -0.2) is 4.79 Å². The van der Waals surface area contributed by atoms with Crippen LogP contribution in [0, 0.1) is 0 Å². The van der Waals surface area contributed by atoms with Gasteiger partial charge in [-0.2, -0.15) is 0 Å². The van der Waals surface area contributed by atoms with Gasteiger partial charge in [0.25, 0.3) is 11.8 Å². The third-order valence-electron chi connectivity index (χ3n) is 4.58. The fourth-order valence-corrected chi connectivity index (χ4v) is 2.97. The lowest BCUT2D eigenvalue weighted by molar-refractivity contribution is -0.119. The molecule has 1 N–H and O–H groups in total. The summed E-state index contributed by atoms with van der Waals surface area (Å²) in [6.07, 6.45) is 3.51. The van der Waals surface area contributed by atoms with Crippen LogP contribution in [0.25, 0.3) is 0 Å². The van der Waals surface area contributed by atoms with E-state index in [1.807, 2.05) is 0 Å². The maximum atomic E-state index is 12.7. The highest BCUT2D eigenvalue weighted by Gasteiger charge is 2.22. The molecule has 1 fully saturated rings. The predicted octanol–water partition coefficient (Wildman–Crippen LogP) is 1.03. The van der Waals surface area contributed by atoms with Crippen molar-refractivity contribution in [3.8, 4) is 0 Å². The summed E-state index contributed by atoms with van der Waals surface area (Å²) < 4.78 is 4.72. The van der Waals surface area contributed by atoms with E-state index in [1.54, 1.807) is 34.1 Å². The van der Waals surface area contributed by atoms with Crippen molar-refractivity contribution in [2.24, 2.45) is 0 Å². The third kappa shape index (κ3) is 4.57. The number of hydrogen-bond acceptors (Lipinski definition) is 6. The van der Waals surface area contributed by atoms with Gasteiger partial charge in [-0.1, -0.05) is 12.1 Å². The molecule has 9 heteroatoms. The van der Waals surface area contributed by atoms with Crippen LogP contribution in [-0.4, -0.2) is 72.3 Å². The highest BCUT2D eigenvalue weighted by atomic mass is 16.5. The molecule has 0 bridgehead atoms. The average Bonchev–Trinajstić information content (AvgIpc) is 2.78. The van der Waals surface area contributed by atoms with E-state index in [-0.39, 0.29) is 22.6 Å². The molecule has 3 amide bonds. The van der Waals surface area contributed by atoms with Crippen molar-refractivity contribution in [3.05, 3.63) is 59.4 Å². The summed E-state index contributed by atoms with van der Waals surface area (Å²) >= 11 is 0. The molecule has 0 aliphatic carbocycles. The number of piperazine rings is 1. The van der Waals surface area contributed by atoms with E-state index in [0.717, 1.165) is 6.41 Å². The van der Waals surface area contributed by atoms with Gasteiger partial charge in [0, 0.05) is 38.6 Å². The zero-order valence-electron chi connectivity index (χ0n) is 15.8. The normalized spacial score (nSPS) is 13.6. The molecule has 1 aromatic carbocycles. The number of methoxy groups -OCH3 is 1. The number of anilines is 1. The van der Waals surface area contributed by atoms with Gasteiger partial charge in [0.2, 0.25) is 6.41 Å². The van der Waals surface area contributed by atoms with Crippen molar-refractivity contribution in [3.63, 3.8) is 0 Å². The van der Waals surface area contributed by atoms with Crippen LogP contribution in [-0.2, 0) is 9.53 Å². The lowest BCUT2D eigenvalue weighted by Gasteiger charge is -2.32. The van der Waals surface area contributed by atoms with Gasteiger partial charge in [-0.3, -0.25) is 19.4 Å². The molecule has 2 heterocycles. The second kappa shape index (κ2) is 8.96. The number of esters is 1. The number of carbonyl (C=O) groups excluding carboxylic acids is 4. The van der Waals surface area contributed by atoms with Crippen molar-refractivity contribution in [2.45, 2.75) is 0 Å². The zero-order valence-corrected chi connectivity index (χ0v) is 15.8. The molecule has 1 aromatic heterocycles. The van der Waals surface area contributed by atoms with E-state index in [1.165, 1.54) is 25.6 Å². The van der Waals surface area contributed by atoms with Gasteiger partial charge in [0.15, 0.2) is 0 Å². The minimum absolute atomic E-state index is 0.182. The molecule has 0 atom stereocenters. The quantitative estimate of drug-likeness (QED) is 0.597. The van der Waals surface area contributed by atoms with Crippen LogP contribution in [0.5, 0.6) is 0 Å². The predicted molar refractivity (Wildman–Crippen MR) is 104 cm³/mol. The van der Waals surface area contributed by atoms with Gasteiger partial charge in [-0.05, 0) is 18.2 Å². The highest BCUT2D eigenvalue weighted by Crippen LogP contribution is 2.18. The minimum atomic E-state index is -0.572. The van der Waals surface area contributed by atoms with Gasteiger partial charge in [0.05, 0.1) is 29.5 Å². The van der Waals surface area contributed by atoms with Crippen molar-refractivity contribution < 1.29 is 23.9 Å². The summed E-state index contributed by atoms with van der Waals surface area (Å²) in [5.74, 6) is -1.33. The minimum Gasteiger partial charge on any atom is -0.465 e. The summed E-state index contributed by atoms with van der Waals surface area (Å²) in [4.78, 5) is 55.2. The molecule has 1 aliphatic heterocycles. The van der Waals surface area contributed by atoms with E-state index in [2.05, 4.69) is 10.3 Å². The summed E-state index contributed by atoms with van der Waals surface area (Å²) in [6, 6.07) is 7.92. The topological polar surface area (TPSA) is 109 Å². The standard InChI is InChI=1S/C20H20N4O5/c1-29-20(28)16-4-2-3-5-17(16)22-18(26)14-10-15(12-21-11-14)19(27)24-8-6-23(13-25)7-9-24/h2-5,10-13H,6-9H2,1H3,(H,22,26). The van der Waals surface area contributed by atoms with Gasteiger partial charge in [-0.15, -0.1) is 0 Å². The third-order valence-corrected chi connectivity index (χ3v) is 4.58. The Morgan fingerprint density at radius 3 is 2.45 bits per heavy atom. The number of ether oxygens (including phenoxy) is 1. The first-order valence-electron chi connectivity index (χ1n) is 8.96. The Kier molecular flexibility index (Phi) is 6.18. The first-order chi connectivity index (χ1) is 14.0. The highest BCUT2D eigenvalue weighted by molar-refractivity contribution is 6.08. The molecule has 0 unspecified atom stereocenters. The maximum Gasteiger partial charge on any atom is 0.339 e. The number of benzene rings is 1. The Morgan fingerprint density at radius 1 is 1.07 bits per heavy atom. The number of aromatic nitrogens is 1. The Morgan fingerprint density at radius 2 is 1.76 bits per heavy atom. The Bertz CT molecular complexity index is 938. The van der Waals surface area contributed by atoms with Crippen LogP contribution < -0.4 is 5.32 Å². The number of pyridine rings is 1.